The lowest BCUT2D eigenvalue weighted by Gasteiger charge is -2.11. The number of carbonyl (C=O) groups excluding carboxylic acids is 1. The molecule has 0 heterocycles. The number of ether oxygens (including phenoxy) is 1. The SMILES string of the molecule is NC(=O)c1ccc(Oc2ccc(Nc3cc(C(=O)O)ccc3N)cc2)cc1. The highest BCUT2D eigenvalue weighted by Crippen LogP contribution is 2.27. The van der Waals surface area contributed by atoms with Crippen molar-refractivity contribution in [2.24, 2.45) is 5.73 Å². The summed E-state index contributed by atoms with van der Waals surface area (Å²) in [6.45, 7) is 0. The highest BCUT2D eigenvalue weighted by molar-refractivity contribution is 5.93. The Morgan fingerprint density at radius 2 is 1.41 bits per heavy atom. The molecule has 0 aromatic heterocycles. The fraction of sp³-hybridized carbons (Fsp3) is 0. The van der Waals surface area contributed by atoms with E-state index in [0.717, 1.165) is 5.69 Å². The lowest BCUT2D eigenvalue weighted by atomic mass is 10.1. The average Bonchev–Trinajstić information content (AvgIpc) is 2.65. The number of hydrogen-bond acceptors (Lipinski definition) is 5. The smallest absolute Gasteiger partial charge is 0.335 e. The van der Waals surface area contributed by atoms with Gasteiger partial charge in [-0.05, 0) is 66.7 Å². The van der Waals surface area contributed by atoms with Gasteiger partial charge in [0, 0.05) is 11.3 Å². The standard InChI is InChI=1S/C20H17N3O4/c21-17-10-3-13(20(25)26)11-18(17)23-14-4-8-16(9-5-14)27-15-6-1-12(2-7-15)19(22)24/h1-11,23H,21H2,(H2,22,24)(H,25,26). The highest BCUT2D eigenvalue weighted by Gasteiger charge is 2.07. The Morgan fingerprint density at radius 3 is 1.96 bits per heavy atom. The van der Waals surface area contributed by atoms with Crippen LogP contribution in [-0.2, 0) is 0 Å². The van der Waals surface area contributed by atoms with Gasteiger partial charge in [0.05, 0.1) is 16.9 Å². The molecular weight excluding hydrogens is 346 g/mol. The number of benzene rings is 3. The molecule has 3 aromatic rings. The van der Waals surface area contributed by atoms with Crippen molar-refractivity contribution in [1.29, 1.82) is 0 Å². The number of anilines is 3. The van der Waals surface area contributed by atoms with Crippen molar-refractivity contribution in [2.75, 3.05) is 11.1 Å². The van der Waals surface area contributed by atoms with E-state index in [1.54, 1.807) is 54.6 Å². The summed E-state index contributed by atoms with van der Waals surface area (Å²) in [5, 5.41) is 12.2. The number of amides is 1. The number of aromatic carboxylic acids is 1. The minimum Gasteiger partial charge on any atom is -0.478 e. The molecule has 0 unspecified atom stereocenters. The maximum absolute atomic E-state index is 11.1. The molecule has 0 aliphatic carbocycles. The largest absolute Gasteiger partial charge is 0.478 e. The molecular formula is C20H17N3O4. The minimum atomic E-state index is -1.02. The maximum atomic E-state index is 11.1. The van der Waals surface area contributed by atoms with Gasteiger partial charge in [0.25, 0.3) is 0 Å². The van der Waals surface area contributed by atoms with Crippen molar-refractivity contribution in [3.8, 4) is 11.5 Å². The number of nitrogens with two attached hydrogens (primary N) is 2. The van der Waals surface area contributed by atoms with Gasteiger partial charge in [-0.1, -0.05) is 0 Å². The first kappa shape index (κ1) is 17.8. The summed E-state index contributed by atoms with van der Waals surface area (Å²) in [6.07, 6.45) is 0. The molecule has 1 amide bonds. The Balaban J connectivity index is 1.71. The van der Waals surface area contributed by atoms with Crippen LogP contribution in [0.2, 0.25) is 0 Å². The summed E-state index contributed by atoms with van der Waals surface area (Å²) >= 11 is 0. The molecule has 3 rings (SSSR count). The summed E-state index contributed by atoms with van der Waals surface area (Å²) in [7, 11) is 0. The summed E-state index contributed by atoms with van der Waals surface area (Å²) < 4.78 is 5.71. The molecule has 0 aliphatic rings. The maximum Gasteiger partial charge on any atom is 0.335 e. The second kappa shape index (κ2) is 7.49. The molecule has 136 valence electrons. The predicted octanol–water partition coefficient (Wildman–Crippen LogP) is 3.60. The summed E-state index contributed by atoms with van der Waals surface area (Å²) in [5.41, 5.74) is 13.3. The molecule has 0 saturated heterocycles. The van der Waals surface area contributed by atoms with E-state index in [9.17, 15) is 9.59 Å². The van der Waals surface area contributed by atoms with Crippen LogP contribution in [0.4, 0.5) is 17.1 Å². The average molecular weight is 363 g/mol. The number of carboxylic acid groups (broad SMARTS) is 1. The number of rotatable bonds is 6. The van der Waals surface area contributed by atoms with Gasteiger partial charge < -0.3 is 26.6 Å². The van der Waals surface area contributed by atoms with E-state index in [4.69, 9.17) is 21.3 Å². The first-order chi connectivity index (χ1) is 12.9. The van der Waals surface area contributed by atoms with E-state index < -0.39 is 11.9 Å². The van der Waals surface area contributed by atoms with Gasteiger partial charge in [0.15, 0.2) is 0 Å². The van der Waals surface area contributed by atoms with Crippen LogP contribution in [0, 0.1) is 0 Å². The topological polar surface area (TPSA) is 128 Å². The molecule has 0 saturated carbocycles. The number of nitrogen functional groups attached to an aromatic ring is 1. The van der Waals surface area contributed by atoms with Crippen LogP contribution < -0.4 is 21.5 Å². The molecule has 3 aromatic carbocycles. The molecule has 27 heavy (non-hydrogen) atoms. The van der Waals surface area contributed by atoms with Gasteiger partial charge in [0.2, 0.25) is 5.91 Å². The first-order valence-corrected chi connectivity index (χ1v) is 8.00. The number of carboxylic acids is 1. The fourth-order valence-electron chi connectivity index (χ4n) is 2.38. The number of nitrogens with one attached hydrogen (secondary N) is 1. The van der Waals surface area contributed by atoms with Crippen molar-refractivity contribution < 1.29 is 19.4 Å². The predicted molar refractivity (Wildman–Crippen MR) is 103 cm³/mol. The van der Waals surface area contributed by atoms with Crippen LogP contribution in [0.5, 0.6) is 11.5 Å². The third-order valence-corrected chi connectivity index (χ3v) is 3.81. The van der Waals surface area contributed by atoms with Crippen molar-refractivity contribution in [2.45, 2.75) is 0 Å². The summed E-state index contributed by atoms with van der Waals surface area (Å²) in [5.74, 6) is -0.355. The monoisotopic (exact) mass is 363 g/mol. The van der Waals surface area contributed by atoms with Gasteiger partial charge >= 0.3 is 5.97 Å². The molecule has 0 fully saturated rings. The van der Waals surface area contributed by atoms with Gasteiger partial charge in [-0.25, -0.2) is 4.79 Å². The van der Waals surface area contributed by atoms with Gasteiger partial charge in [0.1, 0.15) is 11.5 Å². The number of carbonyl (C=O) groups is 2. The van der Waals surface area contributed by atoms with Crippen LogP contribution in [0.15, 0.2) is 66.7 Å². The van der Waals surface area contributed by atoms with Crippen molar-refractivity contribution in [1.82, 2.24) is 0 Å². The van der Waals surface area contributed by atoms with E-state index in [-0.39, 0.29) is 5.56 Å². The third-order valence-electron chi connectivity index (χ3n) is 3.81. The molecule has 0 bridgehead atoms. The van der Waals surface area contributed by atoms with E-state index in [0.29, 0.717) is 28.4 Å². The second-order valence-corrected chi connectivity index (χ2v) is 5.75. The molecule has 7 nitrogen and oxygen atoms in total. The Morgan fingerprint density at radius 1 is 0.852 bits per heavy atom. The fourth-order valence-corrected chi connectivity index (χ4v) is 2.38. The zero-order valence-electron chi connectivity index (χ0n) is 14.2. The summed E-state index contributed by atoms with van der Waals surface area (Å²) in [6, 6.07) is 18.0. The lowest BCUT2D eigenvalue weighted by molar-refractivity contribution is 0.0696. The normalized spacial score (nSPS) is 10.2. The van der Waals surface area contributed by atoms with Crippen molar-refractivity contribution >= 4 is 28.9 Å². The van der Waals surface area contributed by atoms with Crippen molar-refractivity contribution in [3.63, 3.8) is 0 Å². The zero-order chi connectivity index (χ0) is 19.4. The minimum absolute atomic E-state index is 0.145. The Bertz CT molecular complexity index is 983. The molecule has 0 atom stereocenters. The van der Waals surface area contributed by atoms with Gasteiger partial charge in [-0.2, -0.15) is 0 Å². The molecule has 0 radical (unpaired) electrons. The van der Waals surface area contributed by atoms with Crippen molar-refractivity contribution in [3.05, 3.63) is 77.9 Å². The van der Waals surface area contributed by atoms with Crippen LogP contribution >= 0.6 is 0 Å². The van der Waals surface area contributed by atoms with Crippen LogP contribution in [0.3, 0.4) is 0 Å². The van der Waals surface area contributed by atoms with E-state index in [1.165, 1.54) is 12.1 Å². The Kier molecular flexibility index (Phi) is 4.94. The molecule has 7 heteroatoms. The highest BCUT2D eigenvalue weighted by atomic mass is 16.5. The van der Waals surface area contributed by atoms with Crippen LogP contribution in [0.25, 0.3) is 0 Å². The summed E-state index contributed by atoms with van der Waals surface area (Å²) in [4.78, 5) is 22.2. The molecule has 6 N–H and O–H groups in total. The quantitative estimate of drug-likeness (QED) is 0.495. The number of hydrogen-bond donors (Lipinski definition) is 4. The van der Waals surface area contributed by atoms with Gasteiger partial charge in [-0.3, -0.25) is 4.79 Å². The number of primary amides is 1. The van der Waals surface area contributed by atoms with E-state index >= 15 is 0 Å². The van der Waals surface area contributed by atoms with Gasteiger partial charge in [-0.15, -0.1) is 0 Å². The third kappa shape index (κ3) is 4.35. The van der Waals surface area contributed by atoms with E-state index in [2.05, 4.69) is 5.32 Å². The van der Waals surface area contributed by atoms with E-state index in [1.807, 2.05) is 0 Å². The lowest BCUT2D eigenvalue weighted by Crippen LogP contribution is -2.10. The zero-order valence-corrected chi connectivity index (χ0v) is 14.2. The van der Waals surface area contributed by atoms with Crippen LogP contribution in [-0.4, -0.2) is 17.0 Å². The van der Waals surface area contributed by atoms with Crippen LogP contribution in [0.1, 0.15) is 20.7 Å². The first-order valence-electron chi connectivity index (χ1n) is 8.00. The second-order valence-electron chi connectivity index (χ2n) is 5.75. The molecule has 0 spiro atoms. The Hall–Kier alpha value is -4.00. The Labute approximate surface area is 155 Å². The molecule has 0 aliphatic heterocycles.